The molecule has 8 nitrogen and oxygen atoms in total. The summed E-state index contributed by atoms with van der Waals surface area (Å²) in [5.74, 6) is 0. The molecule has 12 heteroatoms. The van der Waals surface area contributed by atoms with Crippen LogP contribution in [0.5, 0.6) is 0 Å². The molecule has 0 fully saturated rings. The van der Waals surface area contributed by atoms with Crippen molar-refractivity contribution in [2.75, 3.05) is 10.0 Å². The highest BCUT2D eigenvalue weighted by Crippen LogP contribution is 2.34. The van der Waals surface area contributed by atoms with Gasteiger partial charge in [-0.05, 0) is 41.1 Å². The molecule has 0 radical (unpaired) electrons. The summed E-state index contributed by atoms with van der Waals surface area (Å²) in [5.41, 5.74) is 4.48. The molecule has 0 amide bonds. The fourth-order valence-electron chi connectivity index (χ4n) is 3.80. The van der Waals surface area contributed by atoms with Gasteiger partial charge in [0.1, 0.15) is 5.01 Å². The molecule has 0 saturated carbocycles. The van der Waals surface area contributed by atoms with Crippen LogP contribution >= 0.6 is 34.0 Å². The van der Waals surface area contributed by atoms with Crippen LogP contribution in [0.2, 0.25) is 0 Å². The van der Waals surface area contributed by atoms with Crippen LogP contribution in [0.15, 0.2) is 76.8 Å². The molecular formula is C25H21N4O4S4-. The highest BCUT2D eigenvalue weighted by Gasteiger charge is 2.19. The number of hydrogen-bond acceptors (Lipinski definition) is 10. The Morgan fingerprint density at radius 3 is 2.49 bits per heavy atom. The van der Waals surface area contributed by atoms with Crippen molar-refractivity contribution in [2.24, 2.45) is 0 Å². The largest absolute Gasteiger partial charge is 0.731 e. The van der Waals surface area contributed by atoms with Crippen molar-refractivity contribution in [3.8, 4) is 21.1 Å². The maximum atomic E-state index is 11.0. The number of thiophene rings is 1. The van der Waals surface area contributed by atoms with Crippen molar-refractivity contribution in [3.05, 3.63) is 93.6 Å². The highest BCUT2D eigenvalue weighted by atomic mass is 32.2. The van der Waals surface area contributed by atoms with Crippen LogP contribution in [0.4, 0.5) is 10.8 Å². The zero-order valence-electron chi connectivity index (χ0n) is 19.2. The summed E-state index contributed by atoms with van der Waals surface area (Å²) in [5, 5.41) is 20.9. The summed E-state index contributed by atoms with van der Waals surface area (Å²) >= 11 is 4.68. The minimum absolute atomic E-state index is 0.0676. The van der Waals surface area contributed by atoms with Gasteiger partial charge < -0.3 is 15.0 Å². The smallest absolute Gasteiger partial charge is 0.183 e. The predicted molar refractivity (Wildman–Crippen MR) is 149 cm³/mol. The van der Waals surface area contributed by atoms with Crippen LogP contribution in [0.1, 0.15) is 22.9 Å². The second kappa shape index (κ2) is 11.1. The second-order valence-corrected chi connectivity index (χ2v) is 11.8. The summed E-state index contributed by atoms with van der Waals surface area (Å²) in [6.45, 7) is -0.0676. The van der Waals surface area contributed by atoms with E-state index in [0.717, 1.165) is 38.0 Å². The van der Waals surface area contributed by atoms with Crippen molar-refractivity contribution in [1.29, 1.82) is 0 Å². The van der Waals surface area contributed by atoms with Gasteiger partial charge in [-0.25, -0.2) is 18.4 Å². The van der Waals surface area contributed by atoms with Crippen molar-refractivity contribution in [3.63, 3.8) is 0 Å². The van der Waals surface area contributed by atoms with Crippen molar-refractivity contribution in [1.82, 2.24) is 9.97 Å². The molecule has 0 saturated heterocycles. The lowest BCUT2D eigenvalue weighted by Crippen LogP contribution is -2.14. The quantitative estimate of drug-likeness (QED) is 0.183. The van der Waals surface area contributed by atoms with Gasteiger partial charge in [0.05, 0.1) is 28.9 Å². The average Bonchev–Trinajstić information content (AvgIpc) is 3.65. The molecular weight excluding hydrogens is 549 g/mol. The van der Waals surface area contributed by atoms with Crippen LogP contribution in [0.25, 0.3) is 21.1 Å². The maximum Gasteiger partial charge on any atom is 0.183 e. The molecule has 2 aromatic carbocycles. The van der Waals surface area contributed by atoms with Crippen molar-refractivity contribution < 1.29 is 18.1 Å². The van der Waals surface area contributed by atoms with Crippen molar-refractivity contribution >= 4 is 55.1 Å². The van der Waals surface area contributed by atoms with E-state index in [9.17, 15) is 18.1 Å². The minimum atomic E-state index is -4.58. The number of aliphatic hydroxyl groups excluding tert-OH is 1. The topological polar surface area (TPSA) is 127 Å². The summed E-state index contributed by atoms with van der Waals surface area (Å²) in [7, 11) is -4.58. The molecule has 0 aliphatic carbocycles. The molecule has 1 atom stereocenters. The van der Waals surface area contributed by atoms with Crippen LogP contribution in [-0.4, -0.2) is 28.0 Å². The first-order chi connectivity index (χ1) is 17.9. The van der Waals surface area contributed by atoms with E-state index in [4.69, 9.17) is 9.97 Å². The molecule has 5 aromatic rings. The number of nitrogens with one attached hydrogen (secondary N) is 2. The normalized spacial score (nSPS) is 12.4. The van der Waals surface area contributed by atoms with Crippen LogP contribution in [0.3, 0.4) is 0 Å². The Hall–Kier alpha value is -3.13. The third-order valence-electron chi connectivity index (χ3n) is 5.51. The Morgan fingerprint density at radius 2 is 1.76 bits per heavy atom. The summed E-state index contributed by atoms with van der Waals surface area (Å²) in [4.78, 5) is 10.7. The number of aromatic nitrogens is 2. The van der Waals surface area contributed by atoms with Gasteiger partial charge >= 0.3 is 0 Å². The lowest BCUT2D eigenvalue weighted by molar-refractivity contribution is 0.282. The summed E-state index contributed by atoms with van der Waals surface area (Å²) < 4.78 is 34.9. The van der Waals surface area contributed by atoms with Gasteiger partial charge in [-0.3, -0.25) is 4.72 Å². The Kier molecular flexibility index (Phi) is 7.65. The zero-order valence-corrected chi connectivity index (χ0v) is 22.5. The number of rotatable bonds is 10. The fourth-order valence-corrected chi connectivity index (χ4v) is 6.68. The molecule has 3 heterocycles. The second-order valence-electron chi connectivity index (χ2n) is 8.06. The first-order valence-corrected chi connectivity index (χ1v) is 15.2. The Bertz CT molecular complexity index is 1580. The van der Waals surface area contributed by atoms with Gasteiger partial charge in [0.2, 0.25) is 0 Å². The molecule has 0 unspecified atom stereocenters. The summed E-state index contributed by atoms with van der Waals surface area (Å²) in [6, 6.07) is 18.1. The van der Waals surface area contributed by atoms with Gasteiger partial charge in [-0.1, -0.05) is 42.5 Å². The van der Waals surface area contributed by atoms with Gasteiger partial charge in [0, 0.05) is 22.0 Å². The lowest BCUT2D eigenvalue weighted by atomic mass is 10.0. The van der Waals surface area contributed by atoms with E-state index in [1.54, 1.807) is 46.9 Å². The third-order valence-corrected chi connectivity index (χ3v) is 8.67. The average molecular weight is 570 g/mol. The molecule has 190 valence electrons. The molecule has 0 bridgehead atoms. The highest BCUT2D eigenvalue weighted by molar-refractivity contribution is 7.87. The van der Waals surface area contributed by atoms with Gasteiger partial charge in [0.15, 0.2) is 15.4 Å². The molecule has 0 aliphatic rings. The maximum absolute atomic E-state index is 11.0. The monoisotopic (exact) mass is 569 g/mol. The Morgan fingerprint density at radius 1 is 0.946 bits per heavy atom. The summed E-state index contributed by atoms with van der Waals surface area (Å²) in [6.07, 6.45) is 0.556. The lowest BCUT2D eigenvalue weighted by Gasteiger charge is -2.17. The molecule has 0 aliphatic heterocycles. The number of nitrogens with zero attached hydrogens (tertiary/aromatic N) is 2. The van der Waals surface area contributed by atoms with E-state index in [1.807, 2.05) is 57.3 Å². The molecule has 3 N–H and O–H groups in total. The number of benzene rings is 2. The number of thiazole rings is 2. The zero-order chi connectivity index (χ0) is 25.8. The standard InChI is InChI=1S/C25H22N4O4S4/c30-13-17-4-1-2-5-19(17)21-14-36-25(28-21)27-20(22-15-35-24(26-22)23-6-3-11-34-23)12-16-7-9-18(10-8-16)29-37(31,32)33/h1-11,14-15,20,29-30H,12-13H2,(H,27,28)(H,31,32,33)/p-1/t20-/m0/s1. The number of aliphatic hydroxyl groups is 1. The Labute approximate surface area is 226 Å². The molecule has 5 rings (SSSR count). The SMILES string of the molecule is O=S(=O)([O-])Nc1ccc(C[C@H](Nc2nc(-c3ccccc3CO)cs2)c2csc(-c3cccs3)n2)cc1. The van der Waals surface area contributed by atoms with Crippen molar-refractivity contribution in [2.45, 2.75) is 19.1 Å². The first-order valence-electron chi connectivity index (χ1n) is 11.1. The van der Waals surface area contributed by atoms with E-state index >= 15 is 0 Å². The third kappa shape index (κ3) is 6.42. The molecule has 0 spiro atoms. The van der Waals surface area contributed by atoms with Gasteiger partial charge in [0.25, 0.3) is 0 Å². The van der Waals surface area contributed by atoms with Gasteiger partial charge in [-0.15, -0.1) is 34.0 Å². The van der Waals surface area contributed by atoms with Crippen LogP contribution < -0.4 is 10.0 Å². The minimum Gasteiger partial charge on any atom is -0.731 e. The van der Waals surface area contributed by atoms with E-state index in [-0.39, 0.29) is 18.3 Å². The van der Waals surface area contributed by atoms with Gasteiger partial charge in [-0.2, -0.15) is 0 Å². The fraction of sp³-hybridized carbons (Fsp3) is 0.120. The van der Waals surface area contributed by atoms with E-state index < -0.39 is 10.3 Å². The van der Waals surface area contributed by atoms with E-state index in [0.29, 0.717) is 11.6 Å². The van der Waals surface area contributed by atoms with Crippen LogP contribution in [0, 0.1) is 0 Å². The van der Waals surface area contributed by atoms with E-state index in [2.05, 4.69) is 5.32 Å². The first kappa shape index (κ1) is 25.5. The Balaban J connectivity index is 1.42. The predicted octanol–water partition coefficient (Wildman–Crippen LogP) is 5.76. The van der Waals surface area contributed by atoms with Crippen LogP contribution in [-0.2, 0) is 23.3 Å². The van der Waals surface area contributed by atoms with E-state index in [1.165, 1.54) is 11.3 Å². The molecule has 37 heavy (non-hydrogen) atoms. The number of anilines is 2. The number of hydrogen-bond donors (Lipinski definition) is 3. The molecule has 3 aromatic heterocycles.